The van der Waals surface area contributed by atoms with Crippen molar-refractivity contribution in [1.82, 2.24) is 0 Å². The molecule has 4 heteroatoms. The number of allylic oxidation sites excluding steroid dienone is 4. The molecule has 0 amide bonds. The summed E-state index contributed by atoms with van der Waals surface area (Å²) in [4.78, 5) is 0. The van der Waals surface area contributed by atoms with Gasteiger partial charge in [0.2, 0.25) is 0 Å². The predicted molar refractivity (Wildman–Crippen MR) is 76.7 cm³/mol. The van der Waals surface area contributed by atoms with Crippen LogP contribution in [0.2, 0.25) is 0 Å². The van der Waals surface area contributed by atoms with Crippen molar-refractivity contribution >= 4 is 0 Å². The molecule has 19 heavy (non-hydrogen) atoms. The first-order valence-corrected chi connectivity index (χ1v) is 5.25. The second-order valence-corrected chi connectivity index (χ2v) is 1.00. The summed E-state index contributed by atoms with van der Waals surface area (Å²) in [5.41, 5.74) is 0. The van der Waals surface area contributed by atoms with Gasteiger partial charge < -0.3 is 71.8 Å². The molecule has 0 bridgehead atoms. The maximum atomic E-state index is 3.25. The third-order valence-electron chi connectivity index (χ3n) is 0.586. The van der Waals surface area contributed by atoms with Gasteiger partial charge in [-0.15, -0.1) is 6.42 Å². The van der Waals surface area contributed by atoms with Crippen LogP contribution in [0.15, 0.2) is 18.2 Å². The van der Waals surface area contributed by atoms with Crippen LogP contribution in [-0.2, 0) is 26.2 Å². The van der Waals surface area contributed by atoms with Crippen LogP contribution in [0, 0.1) is 40.7 Å². The molecular weight excluding hydrogens is 378 g/mol. The van der Waals surface area contributed by atoms with Gasteiger partial charge in [0, 0.05) is 0 Å². The van der Waals surface area contributed by atoms with E-state index >= 15 is 0 Å². The van der Waals surface area contributed by atoms with Crippen LogP contribution in [0.4, 0.5) is 0 Å². The van der Waals surface area contributed by atoms with Crippen LogP contribution >= 0.6 is 0 Å². The first-order valence-electron chi connectivity index (χ1n) is 5.25. The van der Waals surface area contributed by atoms with E-state index in [1.165, 1.54) is 0 Å². The van der Waals surface area contributed by atoms with Crippen molar-refractivity contribution in [2.24, 2.45) is 0 Å². The summed E-state index contributed by atoms with van der Waals surface area (Å²) in [5, 5.41) is 0. The number of rotatable bonds is 0. The van der Waals surface area contributed by atoms with Gasteiger partial charge in [0.15, 0.2) is 0 Å². The van der Waals surface area contributed by atoms with Gasteiger partial charge in [0.05, 0.1) is 0 Å². The minimum Gasteiger partial charge on any atom is -1.00 e. The molecule has 0 aromatic carbocycles. The van der Waals surface area contributed by atoms with Crippen molar-refractivity contribution in [2.45, 2.75) is 41.0 Å². The third kappa shape index (κ3) is 147. The molecule has 0 saturated carbocycles. The molecular formula is C15H30Cl3Zr-6. The predicted octanol–water partition coefficient (Wildman–Crippen LogP) is -3.48. The molecule has 0 N–H and O–H groups in total. The van der Waals surface area contributed by atoms with E-state index in [2.05, 4.69) is 46.8 Å². The molecule has 1 aliphatic rings. The van der Waals surface area contributed by atoms with Crippen molar-refractivity contribution in [1.29, 1.82) is 0 Å². The minimum atomic E-state index is 0. The standard InChI is InChI=1S/C5H5.5C2H5.3ClH.Zr/c1-2-4-5-3-1;5*1-2;;;;/h1-3H,4H2;5*1H2,2H3;3*1H;/q6*-1;;;;+3/p-3. The van der Waals surface area contributed by atoms with Gasteiger partial charge in [0.1, 0.15) is 0 Å². The van der Waals surface area contributed by atoms with Crippen molar-refractivity contribution in [2.75, 3.05) is 0 Å². The zero-order valence-corrected chi connectivity index (χ0v) is 17.8. The van der Waals surface area contributed by atoms with E-state index < -0.39 is 0 Å². The van der Waals surface area contributed by atoms with Crippen molar-refractivity contribution in [3.8, 4) is 0 Å². The van der Waals surface area contributed by atoms with Crippen LogP contribution < -0.4 is 37.2 Å². The van der Waals surface area contributed by atoms with E-state index in [0.29, 0.717) is 0 Å². The summed E-state index contributed by atoms with van der Waals surface area (Å²) >= 11 is 0. The Kier molecular flexibility index (Phi) is 514. The summed E-state index contributed by atoms with van der Waals surface area (Å²) < 4.78 is 0. The van der Waals surface area contributed by atoms with Gasteiger partial charge in [-0.05, 0) is 0 Å². The Morgan fingerprint density at radius 3 is 1.00 bits per heavy atom. The molecule has 0 aromatic rings. The Morgan fingerprint density at radius 1 is 0.684 bits per heavy atom. The fourth-order valence-corrected chi connectivity index (χ4v) is 0.340. The van der Waals surface area contributed by atoms with Crippen LogP contribution in [0.5, 0.6) is 0 Å². The average Bonchev–Trinajstić information content (AvgIpc) is 3.00. The monoisotopic (exact) mass is 405 g/mol. The Bertz CT molecular complexity index is 75.5. The molecule has 0 heterocycles. The minimum absolute atomic E-state index is 0. The molecule has 0 atom stereocenters. The normalized spacial score (nSPS) is 6.21. The topological polar surface area (TPSA) is 0 Å². The SMILES string of the molecule is [C-]1=CC=CC1.[CH2-]C.[CH2-]C.[CH2-]C.[CH2-]C.[CH2-]C.[Cl-].[Cl-].[Cl-].[Zr+3]. The summed E-state index contributed by atoms with van der Waals surface area (Å²) in [7, 11) is 0. The van der Waals surface area contributed by atoms with E-state index in [1.54, 1.807) is 34.6 Å². The van der Waals surface area contributed by atoms with Crippen molar-refractivity contribution in [3.05, 3.63) is 58.9 Å². The number of hydrogen-bond acceptors (Lipinski definition) is 0. The van der Waals surface area contributed by atoms with Crippen LogP contribution in [0.3, 0.4) is 0 Å². The molecule has 0 aliphatic heterocycles. The number of hydrogen-bond donors (Lipinski definition) is 0. The van der Waals surface area contributed by atoms with Crippen LogP contribution in [0.1, 0.15) is 41.0 Å². The molecule has 1 rings (SSSR count). The second kappa shape index (κ2) is 165. The largest absolute Gasteiger partial charge is 3.00 e. The molecule has 0 spiro atoms. The molecule has 0 aromatic heterocycles. The summed E-state index contributed by atoms with van der Waals surface area (Å²) in [6, 6.07) is 0. The molecule has 0 unspecified atom stereocenters. The van der Waals surface area contributed by atoms with E-state index in [4.69, 9.17) is 0 Å². The summed E-state index contributed by atoms with van der Waals surface area (Å²) in [5.74, 6) is 0. The molecule has 0 fully saturated rings. The van der Waals surface area contributed by atoms with Crippen molar-refractivity contribution < 1.29 is 63.4 Å². The maximum Gasteiger partial charge on any atom is 3.00 e. The first-order chi connectivity index (χ1) is 7.50. The van der Waals surface area contributed by atoms with Gasteiger partial charge in [-0.25, -0.2) is 12.2 Å². The van der Waals surface area contributed by atoms with Gasteiger partial charge >= 0.3 is 26.2 Å². The molecule has 0 nitrogen and oxygen atoms in total. The second-order valence-electron chi connectivity index (χ2n) is 1.00. The zero-order chi connectivity index (χ0) is 13.5. The Labute approximate surface area is 162 Å². The number of halogens is 3. The molecule has 1 aliphatic carbocycles. The first kappa shape index (κ1) is 59.3. The summed E-state index contributed by atoms with van der Waals surface area (Å²) in [6.07, 6.45) is 10.0. The average molecular weight is 408 g/mol. The Balaban J connectivity index is -0.00000000930. The van der Waals surface area contributed by atoms with E-state index in [-0.39, 0.29) is 63.4 Å². The maximum absolute atomic E-state index is 3.25. The van der Waals surface area contributed by atoms with Crippen LogP contribution in [-0.4, -0.2) is 0 Å². The molecule has 1 radical (unpaired) electrons. The third-order valence-corrected chi connectivity index (χ3v) is 0.586. The van der Waals surface area contributed by atoms with Gasteiger partial charge in [-0.1, -0.05) is 0 Å². The fraction of sp³-hybridized carbons (Fsp3) is 0.400. The fourth-order valence-electron chi connectivity index (χ4n) is 0.340. The van der Waals surface area contributed by atoms with Crippen molar-refractivity contribution in [3.63, 3.8) is 0 Å². The van der Waals surface area contributed by atoms with E-state index in [1.807, 2.05) is 12.2 Å². The Morgan fingerprint density at radius 2 is 0.947 bits per heavy atom. The smallest absolute Gasteiger partial charge is 1.00 e. The van der Waals surface area contributed by atoms with Gasteiger partial charge in [-0.2, -0.15) is 40.7 Å². The van der Waals surface area contributed by atoms with Crippen LogP contribution in [0.25, 0.3) is 0 Å². The van der Waals surface area contributed by atoms with Gasteiger partial charge in [0.25, 0.3) is 0 Å². The Hall–Kier alpha value is 1.23. The molecule has 121 valence electrons. The molecule has 0 saturated heterocycles. The zero-order valence-electron chi connectivity index (χ0n) is 13.1. The van der Waals surface area contributed by atoms with E-state index in [0.717, 1.165) is 6.42 Å². The van der Waals surface area contributed by atoms with E-state index in [9.17, 15) is 0 Å². The summed E-state index contributed by atoms with van der Waals surface area (Å²) in [6.45, 7) is 25.0. The quantitative estimate of drug-likeness (QED) is 0.366. The van der Waals surface area contributed by atoms with Gasteiger partial charge in [-0.3, -0.25) is 6.08 Å².